The molecule has 1 unspecified atom stereocenters. The lowest BCUT2D eigenvalue weighted by molar-refractivity contribution is -0.117. The van der Waals surface area contributed by atoms with E-state index in [4.69, 9.17) is 0 Å². The van der Waals surface area contributed by atoms with E-state index in [1.807, 2.05) is 24.3 Å². The number of hydrogen-bond acceptors (Lipinski definition) is 6. The van der Waals surface area contributed by atoms with Gasteiger partial charge in [-0.15, -0.1) is 0 Å². The van der Waals surface area contributed by atoms with Crippen molar-refractivity contribution in [2.24, 2.45) is 5.92 Å². The highest BCUT2D eigenvalue weighted by Gasteiger charge is 2.44. The summed E-state index contributed by atoms with van der Waals surface area (Å²) in [5.74, 6) is -0.0910. The Morgan fingerprint density at radius 3 is 2.50 bits per heavy atom. The first-order valence-corrected chi connectivity index (χ1v) is 11.5. The molecule has 0 saturated heterocycles. The number of nitrogens with zero attached hydrogens (tertiary/aromatic N) is 3. The Balaban J connectivity index is 1.24. The van der Waals surface area contributed by atoms with Crippen molar-refractivity contribution in [1.29, 1.82) is 0 Å². The molecule has 160 valence electrons. The van der Waals surface area contributed by atoms with Crippen LogP contribution < -0.4 is 10.0 Å². The lowest BCUT2D eigenvalue weighted by atomic mass is 10.1. The number of carbonyl (C=O) groups is 1. The maximum atomic E-state index is 12.7. The maximum Gasteiger partial charge on any atom is 0.264 e. The summed E-state index contributed by atoms with van der Waals surface area (Å²) in [5, 5.41) is 5.00. The number of carbonyl (C=O) groups excluding carboxylic acids is 1. The summed E-state index contributed by atoms with van der Waals surface area (Å²) in [7, 11) is -3.78. The summed E-state index contributed by atoms with van der Waals surface area (Å²) in [6, 6.07) is 15.8. The summed E-state index contributed by atoms with van der Waals surface area (Å²) in [4.78, 5) is 24.6. The van der Waals surface area contributed by atoms with Gasteiger partial charge in [0.2, 0.25) is 11.9 Å². The molecule has 32 heavy (non-hydrogen) atoms. The first-order chi connectivity index (χ1) is 15.5. The average molecular weight is 446 g/mol. The number of sulfonamides is 1. The summed E-state index contributed by atoms with van der Waals surface area (Å²) in [6.07, 6.45) is 7.15. The smallest absolute Gasteiger partial charge is 0.264 e. The van der Waals surface area contributed by atoms with Crippen LogP contribution in [-0.4, -0.2) is 29.3 Å². The van der Waals surface area contributed by atoms with Gasteiger partial charge in [0.25, 0.3) is 10.0 Å². The number of fused-ring (bicyclic) bond motifs is 1. The Hall–Kier alpha value is -3.85. The minimum Gasteiger partial charge on any atom is -0.326 e. The molecule has 2 atom stereocenters. The summed E-state index contributed by atoms with van der Waals surface area (Å²) >= 11 is 0. The van der Waals surface area contributed by atoms with Gasteiger partial charge in [-0.2, -0.15) is 0 Å². The molecular weight excluding hydrogens is 426 g/mol. The molecule has 2 aromatic heterocycles. The van der Waals surface area contributed by atoms with E-state index in [9.17, 15) is 13.2 Å². The van der Waals surface area contributed by atoms with E-state index in [0.717, 1.165) is 28.4 Å². The fraction of sp³-hybridized carbons (Fsp3) is 0.130. The summed E-state index contributed by atoms with van der Waals surface area (Å²) in [6.45, 7) is 0. The van der Waals surface area contributed by atoms with E-state index in [1.54, 1.807) is 30.6 Å². The predicted molar refractivity (Wildman–Crippen MR) is 121 cm³/mol. The zero-order valence-corrected chi connectivity index (χ0v) is 17.7. The number of aromatic nitrogens is 3. The second kappa shape index (κ2) is 8.01. The molecule has 1 amide bonds. The van der Waals surface area contributed by atoms with Crippen LogP contribution in [0.25, 0.3) is 10.8 Å². The van der Waals surface area contributed by atoms with Gasteiger partial charge >= 0.3 is 0 Å². The zero-order valence-electron chi connectivity index (χ0n) is 16.8. The highest BCUT2D eigenvalue weighted by atomic mass is 32.2. The van der Waals surface area contributed by atoms with Crippen LogP contribution in [0.5, 0.6) is 0 Å². The van der Waals surface area contributed by atoms with Gasteiger partial charge in [0, 0.05) is 41.8 Å². The van der Waals surface area contributed by atoms with Crippen LogP contribution in [0.2, 0.25) is 0 Å². The van der Waals surface area contributed by atoms with Gasteiger partial charge in [-0.25, -0.2) is 23.1 Å². The SMILES string of the molecule is O=C(Nc1ccc2cnccc2c1)[C@@H]1CC1c1ccc(S(=O)(=O)Nc2ncccn2)cc1. The molecule has 0 radical (unpaired) electrons. The highest BCUT2D eigenvalue weighted by molar-refractivity contribution is 7.92. The third kappa shape index (κ3) is 4.15. The molecule has 2 aromatic carbocycles. The fourth-order valence-electron chi connectivity index (χ4n) is 3.67. The largest absolute Gasteiger partial charge is 0.326 e. The van der Waals surface area contributed by atoms with Gasteiger partial charge in [0.15, 0.2) is 0 Å². The van der Waals surface area contributed by atoms with Crippen LogP contribution in [0.3, 0.4) is 0 Å². The summed E-state index contributed by atoms with van der Waals surface area (Å²) < 4.78 is 27.4. The Morgan fingerprint density at radius 1 is 0.938 bits per heavy atom. The molecule has 1 saturated carbocycles. The number of pyridine rings is 1. The van der Waals surface area contributed by atoms with Crippen LogP contribution in [0.4, 0.5) is 11.6 Å². The van der Waals surface area contributed by atoms with Crippen molar-refractivity contribution in [1.82, 2.24) is 15.0 Å². The number of hydrogen-bond donors (Lipinski definition) is 2. The van der Waals surface area contributed by atoms with E-state index in [1.165, 1.54) is 24.5 Å². The molecule has 1 fully saturated rings. The Kier molecular flexibility index (Phi) is 5.02. The third-order valence-electron chi connectivity index (χ3n) is 5.45. The second-order valence-electron chi connectivity index (χ2n) is 7.62. The number of amides is 1. The van der Waals surface area contributed by atoms with Crippen LogP contribution in [-0.2, 0) is 14.8 Å². The molecule has 5 rings (SSSR count). The van der Waals surface area contributed by atoms with E-state index in [0.29, 0.717) is 0 Å². The molecule has 0 aliphatic heterocycles. The molecular formula is C23H19N5O3S. The molecule has 4 aromatic rings. The van der Waals surface area contributed by atoms with Crippen LogP contribution in [0.15, 0.2) is 84.3 Å². The van der Waals surface area contributed by atoms with E-state index >= 15 is 0 Å². The molecule has 2 heterocycles. The third-order valence-corrected chi connectivity index (χ3v) is 6.79. The van der Waals surface area contributed by atoms with Crippen molar-refractivity contribution in [3.05, 3.63) is 84.9 Å². The fourth-order valence-corrected chi connectivity index (χ4v) is 4.63. The Labute approximate surface area is 184 Å². The van der Waals surface area contributed by atoms with Crippen molar-refractivity contribution in [3.8, 4) is 0 Å². The number of anilines is 2. The number of benzene rings is 2. The second-order valence-corrected chi connectivity index (χ2v) is 9.30. The molecule has 2 N–H and O–H groups in total. The Morgan fingerprint density at radius 2 is 1.72 bits per heavy atom. The lowest BCUT2D eigenvalue weighted by Crippen LogP contribution is -2.15. The molecule has 1 aliphatic carbocycles. The Bertz CT molecular complexity index is 1390. The molecule has 0 spiro atoms. The van der Waals surface area contributed by atoms with Gasteiger partial charge in [0.1, 0.15) is 0 Å². The molecule has 9 heteroatoms. The van der Waals surface area contributed by atoms with Crippen molar-refractivity contribution < 1.29 is 13.2 Å². The van der Waals surface area contributed by atoms with Crippen LogP contribution in [0.1, 0.15) is 17.9 Å². The van der Waals surface area contributed by atoms with E-state index < -0.39 is 10.0 Å². The van der Waals surface area contributed by atoms with Gasteiger partial charge in [-0.1, -0.05) is 18.2 Å². The molecule has 8 nitrogen and oxygen atoms in total. The van der Waals surface area contributed by atoms with Gasteiger partial charge in [0.05, 0.1) is 4.90 Å². The van der Waals surface area contributed by atoms with Crippen molar-refractivity contribution in [3.63, 3.8) is 0 Å². The molecule has 0 bridgehead atoms. The van der Waals surface area contributed by atoms with Crippen molar-refractivity contribution in [2.45, 2.75) is 17.2 Å². The van der Waals surface area contributed by atoms with Gasteiger partial charge in [-0.05, 0) is 59.7 Å². The van der Waals surface area contributed by atoms with Crippen LogP contribution >= 0.6 is 0 Å². The highest BCUT2D eigenvalue weighted by Crippen LogP contribution is 2.48. The minimum absolute atomic E-state index is 0.0143. The summed E-state index contributed by atoms with van der Waals surface area (Å²) in [5.41, 5.74) is 1.68. The number of nitrogens with one attached hydrogen (secondary N) is 2. The van der Waals surface area contributed by atoms with E-state index in [2.05, 4.69) is 25.0 Å². The quantitative estimate of drug-likeness (QED) is 0.469. The normalized spacial score (nSPS) is 17.6. The van der Waals surface area contributed by atoms with Gasteiger partial charge in [-0.3, -0.25) is 9.78 Å². The zero-order chi connectivity index (χ0) is 22.1. The first kappa shape index (κ1) is 20.1. The predicted octanol–water partition coefficient (Wildman–Crippen LogP) is 3.57. The monoisotopic (exact) mass is 445 g/mol. The van der Waals surface area contributed by atoms with Crippen LogP contribution in [0, 0.1) is 5.92 Å². The first-order valence-electron chi connectivity index (χ1n) is 10.0. The number of rotatable bonds is 6. The van der Waals surface area contributed by atoms with E-state index in [-0.39, 0.29) is 28.6 Å². The molecule has 1 aliphatic rings. The van der Waals surface area contributed by atoms with Crippen molar-refractivity contribution >= 4 is 38.3 Å². The maximum absolute atomic E-state index is 12.7. The standard InChI is InChI=1S/C23H19N5O3S/c29-22(27-18-5-2-17-14-24-11-8-16(17)12-18)21-13-20(21)15-3-6-19(7-4-15)32(30,31)28-23-25-9-1-10-26-23/h1-12,14,20-21H,13H2,(H,27,29)(H,25,26,28)/t20?,21-/m1/s1. The average Bonchev–Trinajstić information content (AvgIpc) is 3.61. The van der Waals surface area contributed by atoms with Crippen molar-refractivity contribution in [2.75, 3.05) is 10.0 Å². The van der Waals surface area contributed by atoms with Gasteiger partial charge < -0.3 is 5.32 Å². The topological polar surface area (TPSA) is 114 Å². The lowest BCUT2D eigenvalue weighted by Gasteiger charge is -2.08. The minimum atomic E-state index is -3.78.